The van der Waals surface area contributed by atoms with Crippen molar-refractivity contribution < 1.29 is 22.7 Å². The van der Waals surface area contributed by atoms with E-state index in [0.717, 1.165) is 5.56 Å². The molecule has 0 spiro atoms. The van der Waals surface area contributed by atoms with E-state index < -0.39 is 9.05 Å². The zero-order valence-corrected chi connectivity index (χ0v) is 15.9. The summed E-state index contributed by atoms with van der Waals surface area (Å²) in [6.45, 7) is 0.545. The largest absolute Gasteiger partial charge is 0.480 e. The summed E-state index contributed by atoms with van der Waals surface area (Å²) < 4.78 is 34.4. The molecule has 0 saturated heterocycles. The molecule has 138 valence electrons. The number of fused-ring (bicyclic) bond motifs is 1. The summed E-state index contributed by atoms with van der Waals surface area (Å²) in [7, 11) is 1.40. The maximum Gasteiger partial charge on any atom is 0.265 e. The summed E-state index contributed by atoms with van der Waals surface area (Å²) >= 11 is 6.18. The maximum absolute atomic E-state index is 12.2. The molecule has 0 N–H and O–H groups in total. The van der Waals surface area contributed by atoms with Crippen LogP contribution in [0.15, 0.2) is 47.4 Å². The third kappa shape index (κ3) is 4.12. The smallest absolute Gasteiger partial charge is 0.265 e. The molecule has 1 amide bonds. The molecule has 0 fully saturated rings. The molecule has 3 rings (SSSR count). The number of rotatable bonds is 6. The lowest BCUT2D eigenvalue weighted by Crippen LogP contribution is -2.41. The summed E-state index contributed by atoms with van der Waals surface area (Å²) in [5.74, 6) is -0.359. The topological polar surface area (TPSA) is 72.9 Å². The van der Waals surface area contributed by atoms with E-state index in [2.05, 4.69) is 0 Å². The minimum absolute atomic E-state index is 0.0184. The zero-order valence-electron chi connectivity index (χ0n) is 13.5. The van der Waals surface area contributed by atoms with Crippen molar-refractivity contribution in [1.29, 1.82) is 0 Å². The Labute approximate surface area is 160 Å². The molecule has 0 atom stereocenters. The lowest BCUT2D eigenvalue weighted by atomic mass is 10.2. The van der Waals surface area contributed by atoms with E-state index in [-0.39, 0.29) is 47.0 Å². The zero-order chi connectivity index (χ0) is 18.7. The first-order valence-electron chi connectivity index (χ1n) is 7.70. The lowest BCUT2D eigenvalue weighted by molar-refractivity contribution is -0.121. The summed E-state index contributed by atoms with van der Waals surface area (Å²) in [6, 6.07) is 12.2. The van der Waals surface area contributed by atoms with Gasteiger partial charge >= 0.3 is 0 Å². The van der Waals surface area contributed by atoms with E-state index in [1.54, 1.807) is 0 Å². The number of carbonyl (C=O) groups excluding carboxylic acids is 1. The monoisotopic (exact) mass is 415 g/mol. The van der Waals surface area contributed by atoms with Gasteiger partial charge in [0.15, 0.2) is 12.4 Å². The molecule has 6 nitrogen and oxygen atoms in total. The fraction of sp³-hybridized carbons (Fsp3) is 0.235. The number of hydrogen-bond acceptors (Lipinski definition) is 5. The van der Waals surface area contributed by atoms with Gasteiger partial charge in [-0.2, -0.15) is 0 Å². The molecular formula is C17H15Cl2NO5S. The normalized spacial score (nSPS) is 14.1. The van der Waals surface area contributed by atoms with Crippen LogP contribution in [0.2, 0.25) is 5.02 Å². The minimum atomic E-state index is -4.04. The van der Waals surface area contributed by atoms with Gasteiger partial charge in [0.2, 0.25) is 0 Å². The van der Waals surface area contributed by atoms with Gasteiger partial charge in [0.05, 0.1) is 18.2 Å². The van der Waals surface area contributed by atoms with E-state index in [9.17, 15) is 13.2 Å². The highest BCUT2D eigenvalue weighted by molar-refractivity contribution is 8.13. The Morgan fingerprint density at radius 1 is 1.15 bits per heavy atom. The van der Waals surface area contributed by atoms with Crippen molar-refractivity contribution in [3.05, 3.63) is 53.1 Å². The summed E-state index contributed by atoms with van der Waals surface area (Å²) in [5.41, 5.74) is 1.20. The van der Waals surface area contributed by atoms with Crippen LogP contribution in [0.4, 0.5) is 5.69 Å². The van der Waals surface area contributed by atoms with Crippen LogP contribution in [0.25, 0.3) is 0 Å². The van der Waals surface area contributed by atoms with Gasteiger partial charge < -0.3 is 14.4 Å². The van der Waals surface area contributed by atoms with Crippen molar-refractivity contribution in [3.8, 4) is 5.75 Å². The second kappa shape index (κ2) is 7.84. The van der Waals surface area contributed by atoms with Crippen LogP contribution in [0, 0.1) is 0 Å². The highest BCUT2D eigenvalue weighted by Crippen LogP contribution is 2.43. The second-order valence-electron chi connectivity index (χ2n) is 5.53. The first kappa shape index (κ1) is 19.0. The van der Waals surface area contributed by atoms with Gasteiger partial charge in [0, 0.05) is 17.2 Å². The molecule has 1 aliphatic rings. The first-order valence-corrected chi connectivity index (χ1v) is 10.4. The predicted molar refractivity (Wildman–Crippen MR) is 98.4 cm³/mol. The molecule has 2 aromatic rings. The Bertz CT molecular complexity index is 918. The lowest BCUT2D eigenvalue weighted by Gasteiger charge is -2.31. The standard InChI is InChI=1S/C17H15Cl2NO5S/c18-13-6-7-14(26(19,22)23)17-16(13)20(15(21)11-25-17)8-9-24-10-12-4-2-1-3-5-12/h1-7H,8-11H2. The van der Waals surface area contributed by atoms with Crippen LogP contribution in [0.3, 0.4) is 0 Å². The average molecular weight is 416 g/mol. The van der Waals surface area contributed by atoms with Crippen LogP contribution in [0.5, 0.6) is 5.75 Å². The van der Waals surface area contributed by atoms with Crippen LogP contribution >= 0.6 is 22.3 Å². The van der Waals surface area contributed by atoms with Gasteiger partial charge in [-0.3, -0.25) is 4.79 Å². The summed E-state index contributed by atoms with van der Waals surface area (Å²) in [4.78, 5) is 13.4. The Morgan fingerprint density at radius 2 is 1.88 bits per heavy atom. The fourth-order valence-electron chi connectivity index (χ4n) is 2.60. The van der Waals surface area contributed by atoms with Gasteiger partial charge in [-0.15, -0.1) is 0 Å². The molecule has 0 unspecified atom stereocenters. The van der Waals surface area contributed by atoms with E-state index >= 15 is 0 Å². The molecule has 0 saturated carbocycles. The van der Waals surface area contributed by atoms with Crippen LogP contribution in [0.1, 0.15) is 5.56 Å². The van der Waals surface area contributed by atoms with Crippen molar-refractivity contribution in [2.45, 2.75) is 11.5 Å². The third-order valence-corrected chi connectivity index (χ3v) is 5.44. The third-order valence-electron chi connectivity index (χ3n) is 3.79. The highest BCUT2D eigenvalue weighted by Gasteiger charge is 2.32. The Balaban J connectivity index is 1.78. The van der Waals surface area contributed by atoms with Gasteiger partial charge in [0.25, 0.3) is 15.0 Å². The fourth-order valence-corrected chi connectivity index (χ4v) is 3.83. The number of ether oxygens (including phenoxy) is 2. The van der Waals surface area contributed by atoms with Gasteiger partial charge in [-0.05, 0) is 17.7 Å². The van der Waals surface area contributed by atoms with E-state index in [0.29, 0.717) is 6.61 Å². The van der Waals surface area contributed by atoms with Gasteiger partial charge in [0.1, 0.15) is 10.6 Å². The molecule has 1 heterocycles. The van der Waals surface area contributed by atoms with Gasteiger partial charge in [-0.25, -0.2) is 8.42 Å². The number of amides is 1. The quantitative estimate of drug-likeness (QED) is 0.534. The van der Waals surface area contributed by atoms with Crippen LogP contribution in [-0.2, 0) is 25.2 Å². The second-order valence-corrected chi connectivity index (χ2v) is 8.47. The first-order chi connectivity index (χ1) is 12.4. The Hall–Kier alpha value is -1.80. The summed E-state index contributed by atoms with van der Waals surface area (Å²) in [6.07, 6.45) is 0. The summed E-state index contributed by atoms with van der Waals surface area (Å²) in [5, 5.41) is 0.195. The van der Waals surface area contributed by atoms with E-state index in [1.165, 1.54) is 17.0 Å². The average Bonchev–Trinajstić information content (AvgIpc) is 2.60. The van der Waals surface area contributed by atoms with E-state index in [1.807, 2.05) is 30.3 Å². The van der Waals surface area contributed by atoms with E-state index in [4.69, 9.17) is 31.8 Å². The number of benzene rings is 2. The molecule has 0 aliphatic carbocycles. The number of halogens is 2. The SMILES string of the molecule is O=C1COc2c(S(=O)(=O)Cl)ccc(Cl)c2N1CCOCc1ccccc1. The maximum atomic E-state index is 12.2. The van der Waals surface area contributed by atoms with Crippen molar-refractivity contribution in [2.24, 2.45) is 0 Å². The molecule has 9 heteroatoms. The van der Waals surface area contributed by atoms with Crippen LogP contribution in [-0.4, -0.2) is 34.1 Å². The molecule has 0 radical (unpaired) electrons. The van der Waals surface area contributed by atoms with Crippen molar-refractivity contribution >= 4 is 42.9 Å². The molecular weight excluding hydrogens is 401 g/mol. The molecule has 26 heavy (non-hydrogen) atoms. The van der Waals surface area contributed by atoms with Crippen molar-refractivity contribution in [2.75, 3.05) is 24.7 Å². The molecule has 0 aromatic heterocycles. The Morgan fingerprint density at radius 3 is 2.58 bits per heavy atom. The Kier molecular flexibility index (Phi) is 5.72. The van der Waals surface area contributed by atoms with Gasteiger partial charge in [-0.1, -0.05) is 41.9 Å². The highest BCUT2D eigenvalue weighted by atomic mass is 35.7. The molecule has 0 bridgehead atoms. The number of hydrogen-bond donors (Lipinski definition) is 0. The number of carbonyl (C=O) groups is 1. The minimum Gasteiger partial charge on any atom is -0.480 e. The number of anilines is 1. The molecule has 2 aromatic carbocycles. The predicted octanol–water partition coefficient (Wildman–Crippen LogP) is 3.21. The number of nitrogens with zero attached hydrogens (tertiary/aromatic N) is 1. The van der Waals surface area contributed by atoms with Crippen molar-refractivity contribution in [1.82, 2.24) is 0 Å². The van der Waals surface area contributed by atoms with Crippen LogP contribution < -0.4 is 9.64 Å². The van der Waals surface area contributed by atoms with Crippen molar-refractivity contribution in [3.63, 3.8) is 0 Å². The molecule has 1 aliphatic heterocycles.